The number of nitrogens with one attached hydrogen (secondary N) is 1. The molecule has 0 unspecified atom stereocenters. The number of rotatable bonds is 8. The second kappa shape index (κ2) is 9.91. The number of benzene rings is 2. The Bertz CT molecular complexity index is 762. The van der Waals surface area contributed by atoms with Gasteiger partial charge in [0.05, 0.1) is 6.42 Å². The maximum absolute atomic E-state index is 12.5. The van der Waals surface area contributed by atoms with Crippen LogP contribution in [0.25, 0.3) is 0 Å². The Labute approximate surface area is 162 Å². The van der Waals surface area contributed by atoms with Gasteiger partial charge >= 0.3 is 0 Å². The molecule has 0 aliphatic heterocycles. The molecule has 0 heterocycles. The Balaban J connectivity index is 1.99. The molecule has 27 heavy (non-hydrogen) atoms. The number of carbonyl (C=O) groups excluding carboxylic acids is 2. The number of hydrogen-bond donors (Lipinski definition) is 1. The number of nitrogens with zero attached hydrogens (tertiary/aromatic N) is 1. The zero-order chi connectivity index (χ0) is 19.8. The van der Waals surface area contributed by atoms with E-state index in [4.69, 9.17) is 0 Å². The molecule has 2 amide bonds. The van der Waals surface area contributed by atoms with Crippen LogP contribution in [0.4, 0.5) is 5.69 Å². The highest BCUT2D eigenvalue weighted by Gasteiger charge is 2.13. The van der Waals surface area contributed by atoms with E-state index in [9.17, 15) is 9.59 Å². The van der Waals surface area contributed by atoms with Crippen LogP contribution in [0, 0.1) is 5.92 Å². The first-order chi connectivity index (χ1) is 12.9. The third-order valence-corrected chi connectivity index (χ3v) is 4.48. The summed E-state index contributed by atoms with van der Waals surface area (Å²) in [5, 5.41) is 2.90. The molecule has 2 aromatic carbocycles. The Morgan fingerprint density at radius 3 is 2.19 bits per heavy atom. The SMILES string of the molecule is CCN(CC)C(=O)c1cccc(NC(=O)Cc2ccc(CC(C)C)cc2)c1. The van der Waals surface area contributed by atoms with E-state index in [1.807, 2.05) is 32.0 Å². The van der Waals surface area contributed by atoms with Gasteiger partial charge in [-0.2, -0.15) is 0 Å². The smallest absolute Gasteiger partial charge is 0.253 e. The van der Waals surface area contributed by atoms with Crippen LogP contribution in [0.3, 0.4) is 0 Å². The van der Waals surface area contributed by atoms with Gasteiger partial charge in [-0.1, -0.05) is 44.2 Å². The lowest BCUT2D eigenvalue weighted by Gasteiger charge is -2.19. The van der Waals surface area contributed by atoms with E-state index >= 15 is 0 Å². The average molecular weight is 367 g/mol. The first kappa shape index (κ1) is 20.7. The van der Waals surface area contributed by atoms with Crippen molar-refractivity contribution in [2.24, 2.45) is 5.92 Å². The molecule has 0 aliphatic rings. The summed E-state index contributed by atoms with van der Waals surface area (Å²) < 4.78 is 0. The van der Waals surface area contributed by atoms with E-state index in [-0.39, 0.29) is 11.8 Å². The number of carbonyl (C=O) groups is 2. The highest BCUT2D eigenvalue weighted by molar-refractivity contribution is 5.97. The molecule has 0 aromatic heterocycles. The molecule has 0 atom stereocenters. The van der Waals surface area contributed by atoms with Gasteiger partial charge in [-0.3, -0.25) is 9.59 Å². The lowest BCUT2D eigenvalue weighted by molar-refractivity contribution is -0.115. The molecule has 2 rings (SSSR count). The van der Waals surface area contributed by atoms with Gasteiger partial charge in [0.2, 0.25) is 5.91 Å². The number of hydrogen-bond acceptors (Lipinski definition) is 2. The van der Waals surface area contributed by atoms with Gasteiger partial charge < -0.3 is 10.2 Å². The second-order valence-electron chi connectivity index (χ2n) is 7.20. The fraction of sp³-hybridized carbons (Fsp3) is 0.391. The maximum Gasteiger partial charge on any atom is 0.253 e. The normalized spacial score (nSPS) is 10.7. The molecule has 0 aliphatic carbocycles. The van der Waals surface area contributed by atoms with Gasteiger partial charge in [0.15, 0.2) is 0 Å². The van der Waals surface area contributed by atoms with Crippen LogP contribution in [-0.4, -0.2) is 29.8 Å². The van der Waals surface area contributed by atoms with Crippen LogP contribution in [0.1, 0.15) is 49.2 Å². The quantitative estimate of drug-likeness (QED) is 0.745. The van der Waals surface area contributed by atoms with Crippen molar-refractivity contribution in [2.75, 3.05) is 18.4 Å². The van der Waals surface area contributed by atoms with Gasteiger partial charge in [0.25, 0.3) is 5.91 Å². The summed E-state index contributed by atoms with van der Waals surface area (Å²) in [6, 6.07) is 15.3. The molecular formula is C23H30N2O2. The third-order valence-electron chi connectivity index (χ3n) is 4.48. The molecule has 0 saturated heterocycles. The van der Waals surface area contributed by atoms with E-state index in [2.05, 4.69) is 31.3 Å². The van der Waals surface area contributed by atoms with Gasteiger partial charge in [0.1, 0.15) is 0 Å². The van der Waals surface area contributed by atoms with Crippen molar-refractivity contribution in [3.63, 3.8) is 0 Å². The fourth-order valence-corrected chi connectivity index (χ4v) is 3.08. The zero-order valence-electron chi connectivity index (χ0n) is 16.8. The molecule has 0 radical (unpaired) electrons. The number of amides is 2. The predicted molar refractivity (Wildman–Crippen MR) is 111 cm³/mol. The first-order valence-electron chi connectivity index (χ1n) is 9.69. The Kier molecular flexibility index (Phi) is 7.59. The van der Waals surface area contributed by atoms with E-state index in [1.165, 1.54) is 5.56 Å². The third kappa shape index (κ3) is 6.24. The molecule has 4 heteroatoms. The van der Waals surface area contributed by atoms with Crippen LogP contribution < -0.4 is 5.32 Å². The molecule has 144 valence electrons. The lowest BCUT2D eigenvalue weighted by atomic mass is 10.0. The van der Waals surface area contributed by atoms with E-state index < -0.39 is 0 Å². The Hall–Kier alpha value is -2.62. The summed E-state index contributed by atoms with van der Waals surface area (Å²) in [4.78, 5) is 26.6. The van der Waals surface area contributed by atoms with Gasteiger partial charge in [-0.05, 0) is 55.5 Å². The van der Waals surface area contributed by atoms with Crippen LogP contribution in [0.2, 0.25) is 0 Å². The standard InChI is InChI=1S/C23H30N2O2/c1-5-25(6-2)23(27)20-8-7-9-21(16-20)24-22(26)15-19-12-10-18(11-13-19)14-17(3)4/h7-13,16-17H,5-6,14-15H2,1-4H3,(H,24,26). The van der Waals surface area contributed by atoms with Crippen LogP contribution >= 0.6 is 0 Å². The van der Waals surface area contributed by atoms with Crippen molar-refractivity contribution in [1.82, 2.24) is 4.90 Å². The predicted octanol–water partition coefficient (Wildman–Crippen LogP) is 4.55. The van der Waals surface area contributed by atoms with Gasteiger partial charge in [0, 0.05) is 24.3 Å². The topological polar surface area (TPSA) is 49.4 Å². The minimum absolute atomic E-state index is 0.0168. The van der Waals surface area contributed by atoms with Crippen molar-refractivity contribution in [2.45, 2.75) is 40.5 Å². The van der Waals surface area contributed by atoms with E-state index in [0.29, 0.717) is 36.7 Å². The maximum atomic E-state index is 12.5. The molecule has 2 aromatic rings. The first-order valence-corrected chi connectivity index (χ1v) is 9.69. The summed E-state index contributed by atoms with van der Waals surface area (Å²) in [5.74, 6) is 0.515. The highest BCUT2D eigenvalue weighted by atomic mass is 16.2. The minimum Gasteiger partial charge on any atom is -0.339 e. The summed E-state index contributed by atoms with van der Waals surface area (Å²) in [6.07, 6.45) is 1.36. The molecule has 0 spiro atoms. The Morgan fingerprint density at radius 1 is 0.963 bits per heavy atom. The largest absolute Gasteiger partial charge is 0.339 e. The molecule has 0 fully saturated rings. The molecule has 4 nitrogen and oxygen atoms in total. The molecule has 0 saturated carbocycles. The van der Waals surface area contributed by atoms with E-state index in [0.717, 1.165) is 12.0 Å². The monoisotopic (exact) mass is 366 g/mol. The molecular weight excluding hydrogens is 336 g/mol. The van der Waals surface area contributed by atoms with Crippen molar-refractivity contribution in [3.8, 4) is 0 Å². The summed E-state index contributed by atoms with van der Waals surface area (Å²) in [5.41, 5.74) is 3.51. The highest BCUT2D eigenvalue weighted by Crippen LogP contribution is 2.14. The van der Waals surface area contributed by atoms with Crippen LogP contribution in [0.5, 0.6) is 0 Å². The fourth-order valence-electron chi connectivity index (χ4n) is 3.08. The summed E-state index contributed by atoms with van der Waals surface area (Å²) >= 11 is 0. The van der Waals surface area contributed by atoms with E-state index in [1.54, 1.807) is 23.1 Å². The summed E-state index contributed by atoms with van der Waals surface area (Å²) in [7, 11) is 0. The van der Waals surface area contributed by atoms with Crippen molar-refractivity contribution >= 4 is 17.5 Å². The number of anilines is 1. The molecule has 0 bridgehead atoms. The minimum atomic E-state index is -0.0842. The van der Waals surface area contributed by atoms with Gasteiger partial charge in [-0.15, -0.1) is 0 Å². The molecule has 1 N–H and O–H groups in total. The van der Waals surface area contributed by atoms with Crippen molar-refractivity contribution < 1.29 is 9.59 Å². The van der Waals surface area contributed by atoms with Gasteiger partial charge in [-0.25, -0.2) is 0 Å². The average Bonchev–Trinajstić information content (AvgIpc) is 2.64. The lowest BCUT2D eigenvalue weighted by Crippen LogP contribution is -2.30. The second-order valence-corrected chi connectivity index (χ2v) is 7.20. The van der Waals surface area contributed by atoms with Crippen LogP contribution in [-0.2, 0) is 17.6 Å². The van der Waals surface area contributed by atoms with Crippen LogP contribution in [0.15, 0.2) is 48.5 Å². The van der Waals surface area contributed by atoms with Crippen molar-refractivity contribution in [3.05, 3.63) is 65.2 Å². The van der Waals surface area contributed by atoms with Crippen molar-refractivity contribution in [1.29, 1.82) is 0 Å². The zero-order valence-corrected chi connectivity index (χ0v) is 16.8. The summed E-state index contributed by atoms with van der Waals surface area (Å²) in [6.45, 7) is 9.64. The Morgan fingerprint density at radius 2 is 1.59 bits per heavy atom.